The topological polar surface area (TPSA) is 9.23 Å². The number of benzene rings is 2. The zero-order valence-electron chi connectivity index (χ0n) is 16.0. The lowest BCUT2D eigenvalue weighted by Gasteiger charge is -2.06. The summed E-state index contributed by atoms with van der Waals surface area (Å²) < 4.78 is 5.90. The minimum absolute atomic E-state index is 0.819. The van der Waals surface area contributed by atoms with Crippen molar-refractivity contribution in [1.82, 2.24) is 0 Å². The minimum atomic E-state index is -1.34. The monoisotopic (exact) mass is 362 g/mol. The molecule has 0 aliphatic rings. The Bertz CT molecular complexity index is 755. The van der Waals surface area contributed by atoms with E-state index in [1.165, 1.54) is 0 Å². The summed E-state index contributed by atoms with van der Waals surface area (Å²) in [5.41, 5.74) is 8.82. The van der Waals surface area contributed by atoms with E-state index >= 15 is 0 Å². The van der Waals surface area contributed by atoms with E-state index in [4.69, 9.17) is 4.74 Å². The maximum Gasteiger partial charge on any atom is 0.129 e. The molecule has 2 rings (SSSR count). The molecule has 0 atom stereocenters. The van der Waals surface area contributed by atoms with Gasteiger partial charge in [0, 0.05) is 11.1 Å². The van der Waals surface area contributed by atoms with Gasteiger partial charge in [-0.25, -0.2) is 0 Å². The highest BCUT2D eigenvalue weighted by Crippen LogP contribution is 2.22. The van der Waals surface area contributed by atoms with Crippen LogP contribution < -0.4 is 4.74 Å². The summed E-state index contributed by atoms with van der Waals surface area (Å²) in [5, 5.41) is 0. The maximum absolute atomic E-state index is 5.90. The van der Waals surface area contributed by atoms with Crippen molar-refractivity contribution in [3.8, 4) is 34.4 Å². The van der Waals surface area contributed by atoms with Crippen LogP contribution in [0.3, 0.4) is 0 Å². The third kappa shape index (κ3) is 7.48. The molecule has 0 saturated carbocycles. The van der Waals surface area contributed by atoms with Gasteiger partial charge in [0.25, 0.3) is 0 Å². The van der Waals surface area contributed by atoms with Gasteiger partial charge in [-0.15, -0.1) is 11.1 Å². The largest absolute Gasteiger partial charge is 0.457 e. The lowest BCUT2D eigenvalue weighted by molar-refractivity contribution is 0.482. The standard InChI is InChI=1S/C22H26OSi2/c1-24(2,3)17-15-19-7-11-21(12-8-19)23-22-13-9-20(10-14-22)16-18-25(4,5)6/h7-14H,1-6H3. The predicted molar refractivity (Wildman–Crippen MR) is 113 cm³/mol. The second-order valence-electron chi connectivity index (χ2n) is 8.15. The van der Waals surface area contributed by atoms with Gasteiger partial charge in [0.05, 0.1) is 0 Å². The van der Waals surface area contributed by atoms with E-state index in [1.54, 1.807) is 0 Å². The second-order valence-corrected chi connectivity index (χ2v) is 17.7. The lowest BCUT2D eigenvalue weighted by atomic mass is 10.2. The highest BCUT2D eigenvalue weighted by Gasteiger charge is 2.08. The Balaban J connectivity index is 2.04. The lowest BCUT2D eigenvalue weighted by Crippen LogP contribution is -2.16. The molecule has 0 spiro atoms. The van der Waals surface area contributed by atoms with Crippen LogP contribution in [0, 0.1) is 22.9 Å². The van der Waals surface area contributed by atoms with Crippen molar-refractivity contribution in [2.45, 2.75) is 39.3 Å². The molecule has 0 fully saturated rings. The van der Waals surface area contributed by atoms with Crippen LogP contribution in [0.25, 0.3) is 0 Å². The maximum atomic E-state index is 5.90. The van der Waals surface area contributed by atoms with Crippen molar-refractivity contribution in [3.05, 3.63) is 59.7 Å². The van der Waals surface area contributed by atoms with Crippen molar-refractivity contribution >= 4 is 16.1 Å². The number of hydrogen-bond donors (Lipinski definition) is 0. The summed E-state index contributed by atoms with van der Waals surface area (Å²) in [5.74, 6) is 8.14. The van der Waals surface area contributed by atoms with Gasteiger partial charge in [-0.05, 0) is 48.5 Å². The molecule has 0 radical (unpaired) electrons. The molecule has 0 heterocycles. The third-order valence-electron chi connectivity index (χ3n) is 3.11. The molecule has 1 nitrogen and oxygen atoms in total. The molecule has 0 saturated heterocycles. The van der Waals surface area contributed by atoms with Gasteiger partial charge < -0.3 is 4.74 Å². The van der Waals surface area contributed by atoms with Crippen LogP contribution >= 0.6 is 0 Å². The molecule has 0 aromatic heterocycles. The van der Waals surface area contributed by atoms with Gasteiger partial charge in [-0.3, -0.25) is 0 Å². The van der Waals surface area contributed by atoms with Crippen LogP contribution in [0.5, 0.6) is 11.5 Å². The summed E-state index contributed by atoms with van der Waals surface area (Å²) in [4.78, 5) is 0. The van der Waals surface area contributed by atoms with Crippen LogP contribution in [0.15, 0.2) is 48.5 Å². The second kappa shape index (κ2) is 7.78. The molecule has 0 aliphatic carbocycles. The fourth-order valence-electron chi connectivity index (χ4n) is 1.87. The molecule has 0 unspecified atom stereocenters. The Hall–Kier alpha value is -2.21. The van der Waals surface area contributed by atoms with E-state index < -0.39 is 16.1 Å². The van der Waals surface area contributed by atoms with Gasteiger partial charge in [0.1, 0.15) is 27.6 Å². The van der Waals surface area contributed by atoms with Crippen molar-refractivity contribution < 1.29 is 4.74 Å². The Morgan fingerprint density at radius 3 is 1.16 bits per heavy atom. The van der Waals surface area contributed by atoms with Gasteiger partial charge in [-0.1, -0.05) is 51.1 Å². The van der Waals surface area contributed by atoms with Crippen LogP contribution in [0.2, 0.25) is 39.3 Å². The number of ether oxygens (including phenoxy) is 1. The molecule has 0 aliphatic heterocycles. The quantitative estimate of drug-likeness (QED) is 0.475. The van der Waals surface area contributed by atoms with E-state index in [2.05, 4.69) is 62.2 Å². The van der Waals surface area contributed by atoms with E-state index in [0.29, 0.717) is 0 Å². The average Bonchev–Trinajstić information content (AvgIpc) is 2.52. The SMILES string of the molecule is C[Si](C)(C)C#Cc1ccc(Oc2ccc(C#C[Si](C)(C)C)cc2)cc1. The first kappa shape index (κ1) is 19.1. The first-order chi connectivity index (χ1) is 11.6. The summed E-state index contributed by atoms with van der Waals surface area (Å²) in [6.45, 7) is 13.5. The smallest absolute Gasteiger partial charge is 0.129 e. The van der Waals surface area contributed by atoms with Gasteiger partial charge in [0.2, 0.25) is 0 Å². The molecule has 2 aromatic carbocycles. The van der Waals surface area contributed by atoms with Crippen molar-refractivity contribution in [2.24, 2.45) is 0 Å². The van der Waals surface area contributed by atoms with E-state index in [1.807, 2.05) is 48.5 Å². The summed E-state index contributed by atoms with van der Waals surface area (Å²) >= 11 is 0. The first-order valence-corrected chi connectivity index (χ1v) is 15.6. The average molecular weight is 363 g/mol. The minimum Gasteiger partial charge on any atom is -0.457 e. The van der Waals surface area contributed by atoms with E-state index in [0.717, 1.165) is 22.6 Å². The van der Waals surface area contributed by atoms with Crippen LogP contribution in [-0.4, -0.2) is 16.1 Å². The first-order valence-electron chi connectivity index (χ1n) is 8.55. The number of hydrogen-bond acceptors (Lipinski definition) is 1. The zero-order valence-corrected chi connectivity index (χ0v) is 18.0. The summed E-state index contributed by atoms with van der Waals surface area (Å²) in [7, 11) is -2.68. The van der Waals surface area contributed by atoms with Gasteiger partial charge in [-0.2, -0.15) is 0 Å². The summed E-state index contributed by atoms with van der Waals surface area (Å²) in [6, 6.07) is 15.9. The van der Waals surface area contributed by atoms with Crippen molar-refractivity contribution in [2.75, 3.05) is 0 Å². The highest BCUT2D eigenvalue weighted by atomic mass is 28.3. The van der Waals surface area contributed by atoms with Crippen LogP contribution in [0.4, 0.5) is 0 Å². The molecule has 0 bridgehead atoms. The normalized spacial score (nSPS) is 11.0. The highest BCUT2D eigenvalue weighted by molar-refractivity contribution is 6.84. The molecular formula is C22H26OSi2. The number of rotatable bonds is 2. The Kier molecular flexibility index (Phi) is 5.95. The van der Waals surface area contributed by atoms with Crippen LogP contribution in [-0.2, 0) is 0 Å². The van der Waals surface area contributed by atoms with Crippen molar-refractivity contribution in [1.29, 1.82) is 0 Å². The predicted octanol–water partition coefficient (Wildman–Crippen LogP) is 5.94. The van der Waals surface area contributed by atoms with Crippen LogP contribution in [0.1, 0.15) is 11.1 Å². The van der Waals surface area contributed by atoms with Gasteiger partial charge in [0.15, 0.2) is 0 Å². The molecule has 3 heteroatoms. The molecular weight excluding hydrogens is 336 g/mol. The Morgan fingerprint density at radius 2 is 0.880 bits per heavy atom. The molecule has 0 amide bonds. The van der Waals surface area contributed by atoms with Crippen molar-refractivity contribution in [3.63, 3.8) is 0 Å². The third-order valence-corrected chi connectivity index (χ3v) is 4.86. The molecule has 2 aromatic rings. The fourth-order valence-corrected chi connectivity index (χ4v) is 2.91. The molecule has 25 heavy (non-hydrogen) atoms. The zero-order chi connectivity index (χ0) is 18.5. The Labute approximate surface area is 154 Å². The molecule has 128 valence electrons. The summed E-state index contributed by atoms with van der Waals surface area (Å²) in [6.07, 6.45) is 0. The Morgan fingerprint density at radius 1 is 0.560 bits per heavy atom. The van der Waals surface area contributed by atoms with E-state index in [-0.39, 0.29) is 0 Å². The molecule has 0 N–H and O–H groups in total. The fraction of sp³-hybridized carbons (Fsp3) is 0.273. The van der Waals surface area contributed by atoms with Gasteiger partial charge >= 0.3 is 0 Å². The van der Waals surface area contributed by atoms with E-state index in [9.17, 15) is 0 Å².